The van der Waals surface area contributed by atoms with Gasteiger partial charge in [0.15, 0.2) is 0 Å². The Labute approximate surface area is 155 Å². The first-order chi connectivity index (χ1) is 12.5. The predicted octanol–water partition coefficient (Wildman–Crippen LogP) is 1.68. The van der Waals surface area contributed by atoms with Crippen LogP contribution in [0.1, 0.15) is 12.0 Å². The number of nitrogens with zero attached hydrogens (tertiary/aromatic N) is 1. The van der Waals surface area contributed by atoms with E-state index in [0.717, 1.165) is 45.7 Å². The highest BCUT2D eigenvalue weighted by molar-refractivity contribution is 7.17. The fraction of sp³-hybridized carbons (Fsp3) is 0.444. The van der Waals surface area contributed by atoms with Crippen molar-refractivity contribution in [3.63, 3.8) is 0 Å². The van der Waals surface area contributed by atoms with Crippen molar-refractivity contribution in [2.45, 2.75) is 18.9 Å². The minimum absolute atomic E-state index is 0.132. The summed E-state index contributed by atoms with van der Waals surface area (Å²) in [4.78, 5) is 20.5. The molecule has 8 heteroatoms. The SMILES string of the molecule is O=C(O)C(=O)O.O[C@@H]1CCN(CCOCCc2ccc3sccc3c2)C1. The molecule has 1 aliphatic heterocycles. The Kier molecular flexibility index (Phi) is 7.99. The number of rotatable bonds is 6. The Morgan fingerprint density at radius 2 is 1.96 bits per heavy atom. The second-order valence-electron chi connectivity index (χ2n) is 6.01. The molecule has 3 rings (SSSR count). The van der Waals surface area contributed by atoms with Crippen LogP contribution >= 0.6 is 11.3 Å². The van der Waals surface area contributed by atoms with Gasteiger partial charge in [-0.3, -0.25) is 4.90 Å². The van der Waals surface area contributed by atoms with Crippen LogP contribution < -0.4 is 0 Å². The lowest BCUT2D eigenvalue weighted by Crippen LogP contribution is -2.26. The average molecular weight is 381 g/mol. The number of carboxylic acids is 2. The number of ether oxygens (including phenoxy) is 1. The van der Waals surface area contributed by atoms with Gasteiger partial charge in [-0.05, 0) is 41.3 Å². The number of aliphatic hydroxyl groups is 1. The van der Waals surface area contributed by atoms with Crippen molar-refractivity contribution in [3.8, 4) is 0 Å². The number of aliphatic hydroxyl groups excluding tert-OH is 1. The molecule has 26 heavy (non-hydrogen) atoms. The number of hydrogen-bond donors (Lipinski definition) is 3. The Hall–Kier alpha value is -2.00. The van der Waals surface area contributed by atoms with Crippen LogP contribution in [0.25, 0.3) is 10.1 Å². The van der Waals surface area contributed by atoms with E-state index in [1.54, 1.807) is 11.3 Å². The minimum atomic E-state index is -1.82. The fourth-order valence-corrected chi connectivity index (χ4v) is 3.44. The third-order valence-electron chi connectivity index (χ3n) is 4.03. The number of fused-ring (bicyclic) bond motifs is 1. The molecular formula is C18H23NO6S. The first-order valence-corrected chi connectivity index (χ1v) is 9.24. The van der Waals surface area contributed by atoms with E-state index < -0.39 is 11.9 Å². The lowest BCUT2D eigenvalue weighted by molar-refractivity contribution is -0.159. The first-order valence-electron chi connectivity index (χ1n) is 8.36. The summed E-state index contributed by atoms with van der Waals surface area (Å²) in [5, 5.41) is 27.7. The molecule has 0 amide bonds. The minimum Gasteiger partial charge on any atom is -0.473 e. The number of carboxylic acid groups (broad SMARTS) is 2. The quantitative estimate of drug-likeness (QED) is 0.516. The summed E-state index contributed by atoms with van der Waals surface area (Å²) in [6, 6.07) is 8.81. The Morgan fingerprint density at radius 1 is 1.19 bits per heavy atom. The molecule has 0 unspecified atom stereocenters. The van der Waals surface area contributed by atoms with Gasteiger partial charge in [-0.25, -0.2) is 9.59 Å². The summed E-state index contributed by atoms with van der Waals surface area (Å²) in [5.74, 6) is -3.65. The van der Waals surface area contributed by atoms with E-state index in [-0.39, 0.29) is 6.10 Å². The number of thiophene rings is 1. The van der Waals surface area contributed by atoms with Gasteiger partial charge in [-0.15, -0.1) is 11.3 Å². The topological polar surface area (TPSA) is 107 Å². The Bertz CT molecular complexity index is 719. The Balaban J connectivity index is 0.000000352. The smallest absolute Gasteiger partial charge is 0.414 e. The predicted molar refractivity (Wildman–Crippen MR) is 98.7 cm³/mol. The van der Waals surface area contributed by atoms with E-state index in [4.69, 9.17) is 24.5 Å². The number of likely N-dealkylation sites (tertiary alicyclic amines) is 1. The summed E-state index contributed by atoms with van der Waals surface area (Å²) in [6.45, 7) is 4.26. The van der Waals surface area contributed by atoms with Crippen LogP contribution in [-0.2, 0) is 20.7 Å². The van der Waals surface area contributed by atoms with Crippen molar-refractivity contribution in [1.82, 2.24) is 4.90 Å². The second-order valence-corrected chi connectivity index (χ2v) is 6.96. The van der Waals surface area contributed by atoms with Crippen LogP contribution in [0.3, 0.4) is 0 Å². The number of hydrogen-bond acceptors (Lipinski definition) is 6. The summed E-state index contributed by atoms with van der Waals surface area (Å²) >= 11 is 1.79. The van der Waals surface area contributed by atoms with Crippen molar-refractivity contribution in [3.05, 3.63) is 35.2 Å². The fourth-order valence-electron chi connectivity index (χ4n) is 2.67. The zero-order chi connectivity index (χ0) is 18.9. The van der Waals surface area contributed by atoms with Gasteiger partial charge in [0.1, 0.15) is 0 Å². The molecule has 1 aromatic heterocycles. The maximum atomic E-state index is 9.44. The molecule has 3 N–H and O–H groups in total. The van der Waals surface area contributed by atoms with E-state index >= 15 is 0 Å². The van der Waals surface area contributed by atoms with Crippen LogP contribution in [-0.4, -0.2) is 71.1 Å². The van der Waals surface area contributed by atoms with Crippen molar-refractivity contribution >= 4 is 33.4 Å². The third-order valence-corrected chi connectivity index (χ3v) is 4.93. The molecule has 0 saturated carbocycles. The molecule has 1 saturated heterocycles. The summed E-state index contributed by atoms with van der Waals surface area (Å²) < 4.78 is 7.06. The highest BCUT2D eigenvalue weighted by Crippen LogP contribution is 2.21. The molecule has 0 bridgehead atoms. The standard InChI is InChI=1S/C16H21NO2S.C2H2O4/c18-15-3-6-17(12-15)7-9-19-8-4-13-1-2-16-14(11-13)5-10-20-16;3-1(4)2(5)6/h1-2,5,10-11,15,18H,3-4,6-9,12H2;(H,3,4)(H,5,6)/t15-;/m1./s1. The van der Waals surface area contributed by atoms with Crippen LogP contribution in [0.15, 0.2) is 29.6 Å². The second kappa shape index (κ2) is 10.2. The number of aliphatic carboxylic acids is 2. The van der Waals surface area contributed by atoms with Crippen molar-refractivity contribution in [2.24, 2.45) is 0 Å². The molecule has 1 atom stereocenters. The maximum absolute atomic E-state index is 9.44. The van der Waals surface area contributed by atoms with Crippen LogP contribution in [0.2, 0.25) is 0 Å². The molecular weight excluding hydrogens is 358 g/mol. The molecule has 7 nitrogen and oxygen atoms in total. The van der Waals surface area contributed by atoms with E-state index in [0.29, 0.717) is 0 Å². The summed E-state index contributed by atoms with van der Waals surface area (Å²) in [5.41, 5.74) is 1.34. The first kappa shape index (κ1) is 20.3. The molecule has 0 spiro atoms. The zero-order valence-corrected chi connectivity index (χ0v) is 15.2. The molecule has 2 heterocycles. The van der Waals surface area contributed by atoms with Gasteiger partial charge in [-0.2, -0.15) is 0 Å². The number of β-amino-alcohol motifs (C(OH)–C–C–N with tert-alkyl or cyclic N) is 1. The largest absolute Gasteiger partial charge is 0.473 e. The highest BCUT2D eigenvalue weighted by Gasteiger charge is 2.19. The van der Waals surface area contributed by atoms with Crippen molar-refractivity contribution in [1.29, 1.82) is 0 Å². The van der Waals surface area contributed by atoms with Gasteiger partial charge in [-0.1, -0.05) is 12.1 Å². The monoisotopic (exact) mass is 381 g/mol. The van der Waals surface area contributed by atoms with E-state index in [2.05, 4.69) is 34.5 Å². The van der Waals surface area contributed by atoms with Crippen LogP contribution in [0.5, 0.6) is 0 Å². The number of benzene rings is 1. The lowest BCUT2D eigenvalue weighted by atomic mass is 10.1. The van der Waals surface area contributed by atoms with Gasteiger partial charge < -0.3 is 20.1 Å². The molecule has 2 aromatic rings. The van der Waals surface area contributed by atoms with Gasteiger partial charge in [0.05, 0.1) is 19.3 Å². The molecule has 1 aromatic carbocycles. The van der Waals surface area contributed by atoms with Crippen LogP contribution in [0.4, 0.5) is 0 Å². The van der Waals surface area contributed by atoms with Gasteiger partial charge >= 0.3 is 11.9 Å². The molecule has 0 radical (unpaired) electrons. The van der Waals surface area contributed by atoms with Gasteiger partial charge in [0, 0.05) is 24.3 Å². The van der Waals surface area contributed by atoms with E-state index in [9.17, 15) is 5.11 Å². The van der Waals surface area contributed by atoms with Crippen molar-refractivity contribution < 1.29 is 29.6 Å². The van der Waals surface area contributed by atoms with E-state index in [1.807, 2.05) is 0 Å². The highest BCUT2D eigenvalue weighted by atomic mass is 32.1. The normalized spacial score (nSPS) is 17.0. The Morgan fingerprint density at radius 3 is 2.62 bits per heavy atom. The van der Waals surface area contributed by atoms with Crippen molar-refractivity contribution in [2.75, 3.05) is 32.8 Å². The number of carbonyl (C=O) groups is 2. The lowest BCUT2D eigenvalue weighted by Gasteiger charge is -2.14. The van der Waals surface area contributed by atoms with Crippen LogP contribution in [0, 0.1) is 0 Å². The molecule has 1 fully saturated rings. The van der Waals surface area contributed by atoms with E-state index in [1.165, 1.54) is 15.6 Å². The zero-order valence-electron chi connectivity index (χ0n) is 14.3. The van der Waals surface area contributed by atoms with Gasteiger partial charge in [0.25, 0.3) is 0 Å². The summed E-state index contributed by atoms with van der Waals surface area (Å²) in [7, 11) is 0. The third kappa shape index (κ3) is 6.72. The summed E-state index contributed by atoms with van der Waals surface area (Å²) in [6.07, 6.45) is 1.74. The molecule has 0 aliphatic carbocycles. The van der Waals surface area contributed by atoms with Gasteiger partial charge in [0.2, 0.25) is 0 Å². The molecule has 1 aliphatic rings. The maximum Gasteiger partial charge on any atom is 0.414 e. The molecule has 142 valence electrons. The average Bonchev–Trinajstić information content (AvgIpc) is 3.23.